The summed E-state index contributed by atoms with van der Waals surface area (Å²) in [5.41, 5.74) is 12.2. The van der Waals surface area contributed by atoms with Gasteiger partial charge in [-0.05, 0) is 58.4 Å². The van der Waals surface area contributed by atoms with Gasteiger partial charge in [0, 0.05) is 0 Å². The molecule has 0 aliphatic heterocycles. The van der Waals surface area contributed by atoms with Crippen LogP contribution in [0.5, 0.6) is 0 Å². The molecule has 0 bridgehead atoms. The van der Waals surface area contributed by atoms with Crippen molar-refractivity contribution in [3.8, 4) is 22.3 Å². The molecule has 0 aromatic heterocycles. The van der Waals surface area contributed by atoms with E-state index in [9.17, 15) is 0 Å². The molecule has 0 unspecified atom stereocenters. The molecule has 0 saturated heterocycles. The van der Waals surface area contributed by atoms with Crippen LogP contribution in [0.15, 0.2) is 60.7 Å². The number of aryl methyl sites for hydroxylation is 4. The van der Waals surface area contributed by atoms with E-state index in [0.29, 0.717) is 0 Å². The molecule has 0 spiro atoms. The van der Waals surface area contributed by atoms with Gasteiger partial charge in [-0.25, -0.2) is 0 Å². The average molecular weight is 540 g/mol. The molecule has 0 atom stereocenters. The molecule has 4 aromatic rings. The van der Waals surface area contributed by atoms with Crippen LogP contribution in [-0.4, -0.2) is 0 Å². The maximum absolute atomic E-state index is 2.47. The molecule has 1 radical (unpaired) electrons. The van der Waals surface area contributed by atoms with Gasteiger partial charge in [0.2, 0.25) is 0 Å². The summed E-state index contributed by atoms with van der Waals surface area (Å²) in [5, 5.41) is 2.81. The Kier molecular flexibility index (Phi) is 9.08. The van der Waals surface area contributed by atoms with Crippen molar-refractivity contribution < 1.29 is 51.0 Å². The zero-order valence-electron chi connectivity index (χ0n) is 19.2. The van der Waals surface area contributed by atoms with E-state index in [1.54, 1.807) is 0 Å². The van der Waals surface area contributed by atoms with Gasteiger partial charge in [0.1, 0.15) is 0 Å². The standard InChI is InChI=1S/C29H29.2ClH.Zr/c1-18-9-19(2)12-24(11-18)26-7-8-27(25-13-20(3)10-21(4)14-25)29-17-23(16-28(26)29)15-22-5-6-22;;;/h7-14,16-17,22H,5-6,15H2,1-4H3;2*1H;/q-1;;;+3/p-2. The number of fused-ring (bicyclic) bond motifs is 1. The number of hydrogen-bond acceptors (Lipinski definition) is 0. The minimum absolute atomic E-state index is 0. The number of rotatable bonds is 4. The average Bonchev–Trinajstić information content (AvgIpc) is 3.35. The summed E-state index contributed by atoms with van der Waals surface area (Å²) in [6, 6.07) is 23.4. The quantitative estimate of drug-likeness (QED) is 0.349. The summed E-state index contributed by atoms with van der Waals surface area (Å²) >= 11 is 0. The smallest absolute Gasteiger partial charge is 1.00 e. The number of benzene rings is 3. The Bertz CT molecular complexity index is 1100. The molecule has 0 N–H and O–H groups in total. The van der Waals surface area contributed by atoms with E-state index in [1.807, 2.05) is 0 Å². The Morgan fingerprint density at radius 3 is 1.66 bits per heavy atom. The predicted octanol–water partition coefficient (Wildman–Crippen LogP) is 2.08. The summed E-state index contributed by atoms with van der Waals surface area (Å²) in [5.74, 6) is 0.904. The van der Waals surface area contributed by atoms with Gasteiger partial charge in [0.05, 0.1) is 0 Å². The molecule has 163 valence electrons. The third-order valence-electron chi connectivity index (χ3n) is 6.23. The fourth-order valence-corrected chi connectivity index (χ4v) is 4.90. The Hall–Kier alpha value is -1.27. The molecule has 1 fully saturated rings. The first kappa shape index (κ1) is 27.0. The van der Waals surface area contributed by atoms with E-state index in [1.165, 1.54) is 80.1 Å². The molecular weight excluding hydrogens is 510 g/mol. The first-order chi connectivity index (χ1) is 14.0. The van der Waals surface area contributed by atoms with E-state index in [2.05, 4.69) is 88.4 Å². The van der Waals surface area contributed by atoms with Crippen molar-refractivity contribution in [3.05, 3.63) is 88.5 Å². The third kappa shape index (κ3) is 5.62. The third-order valence-corrected chi connectivity index (χ3v) is 6.23. The fraction of sp³-hybridized carbons (Fsp3) is 0.276. The summed E-state index contributed by atoms with van der Waals surface area (Å²) in [4.78, 5) is 0. The van der Waals surface area contributed by atoms with Crippen LogP contribution in [-0.2, 0) is 32.6 Å². The second kappa shape index (κ2) is 10.8. The minimum Gasteiger partial charge on any atom is -1.00 e. The van der Waals surface area contributed by atoms with Gasteiger partial charge in [-0.1, -0.05) is 87.5 Å². The van der Waals surface area contributed by atoms with Crippen LogP contribution in [0.25, 0.3) is 33.0 Å². The SMILES string of the molecule is Cc1cc(C)cc(-c2ccc(-c3cc(C)cc(C)c3)c3[cH-]c(CC4CC4)cc23)c1.[Cl-].[Cl-].[Zr+3]. The predicted molar refractivity (Wildman–Crippen MR) is 126 cm³/mol. The van der Waals surface area contributed by atoms with E-state index < -0.39 is 0 Å². The molecule has 1 saturated carbocycles. The Morgan fingerprint density at radius 2 is 1.16 bits per heavy atom. The van der Waals surface area contributed by atoms with E-state index in [0.717, 1.165) is 5.92 Å². The topological polar surface area (TPSA) is 0 Å². The molecule has 1 aliphatic carbocycles. The number of hydrogen-bond donors (Lipinski definition) is 0. The zero-order valence-corrected chi connectivity index (χ0v) is 23.2. The molecule has 0 amide bonds. The molecule has 5 rings (SSSR count). The maximum atomic E-state index is 2.47. The van der Waals surface area contributed by atoms with Gasteiger partial charge in [-0.3, -0.25) is 0 Å². The summed E-state index contributed by atoms with van der Waals surface area (Å²) in [7, 11) is 0. The molecule has 1 aliphatic rings. The molecule has 0 heterocycles. The van der Waals surface area contributed by atoms with Crippen molar-refractivity contribution >= 4 is 10.8 Å². The van der Waals surface area contributed by atoms with Gasteiger partial charge in [0.25, 0.3) is 0 Å². The van der Waals surface area contributed by atoms with Crippen molar-refractivity contribution in [3.63, 3.8) is 0 Å². The summed E-state index contributed by atoms with van der Waals surface area (Å²) < 4.78 is 0. The Morgan fingerprint density at radius 1 is 0.688 bits per heavy atom. The monoisotopic (exact) mass is 537 g/mol. The molecule has 4 aromatic carbocycles. The molecule has 3 heteroatoms. The van der Waals surface area contributed by atoms with Crippen molar-refractivity contribution in [2.75, 3.05) is 0 Å². The summed E-state index contributed by atoms with van der Waals surface area (Å²) in [6.07, 6.45) is 4.03. The first-order valence-electron chi connectivity index (χ1n) is 10.9. The van der Waals surface area contributed by atoms with Crippen LogP contribution in [0, 0.1) is 33.6 Å². The van der Waals surface area contributed by atoms with Crippen molar-refractivity contribution in [1.82, 2.24) is 0 Å². The van der Waals surface area contributed by atoms with Crippen LogP contribution in [0.4, 0.5) is 0 Å². The number of halogens is 2. The van der Waals surface area contributed by atoms with E-state index in [4.69, 9.17) is 0 Å². The normalized spacial score (nSPS) is 12.6. The van der Waals surface area contributed by atoms with E-state index >= 15 is 0 Å². The van der Waals surface area contributed by atoms with Crippen LogP contribution < -0.4 is 24.8 Å². The molecule has 32 heavy (non-hydrogen) atoms. The van der Waals surface area contributed by atoms with Crippen molar-refractivity contribution in [2.45, 2.75) is 47.0 Å². The van der Waals surface area contributed by atoms with Gasteiger partial charge in [-0.15, -0.1) is 22.4 Å². The fourth-order valence-electron chi connectivity index (χ4n) is 4.90. The maximum Gasteiger partial charge on any atom is 3.00 e. The molecule has 0 nitrogen and oxygen atoms in total. The molecular formula is C29H29Cl2Zr. The van der Waals surface area contributed by atoms with Gasteiger partial charge in [0.15, 0.2) is 0 Å². The van der Waals surface area contributed by atoms with E-state index in [-0.39, 0.29) is 51.0 Å². The first-order valence-corrected chi connectivity index (χ1v) is 10.9. The van der Waals surface area contributed by atoms with Crippen LogP contribution in [0.3, 0.4) is 0 Å². The van der Waals surface area contributed by atoms with Gasteiger partial charge < -0.3 is 24.8 Å². The van der Waals surface area contributed by atoms with Gasteiger partial charge in [-0.2, -0.15) is 6.07 Å². The Labute approximate surface area is 224 Å². The summed E-state index contributed by atoms with van der Waals surface area (Å²) in [6.45, 7) is 8.78. The largest absolute Gasteiger partial charge is 3.00 e. The second-order valence-electron chi connectivity index (χ2n) is 9.25. The van der Waals surface area contributed by atoms with Crippen LogP contribution in [0.2, 0.25) is 0 Å². The Balaban J connectivity index is 0.00000121. The zero-order chi connectivity index (χ0) is 20.1. The van der Waals surface area contributed by atoms with Gasteiger partial charge >= 0.3 is 26.2 Å². The van der Waals surface area contributed by atoms with Crippen LogP contribution in [0.1, 0.15) is 40.7 Å². The second-order valence-corrected chi connectivity index (χ2v) is 9.25. The van der Waals surface area contributed by atoms with Crippen LogP contribution >= 0.6 is 0 Å². The van der Waals surface area contributed by atoms with Crippen molar-refractivity contribution in [1.29, 1.82) is 0 Å². The minimum atomic E-state index is 0. The van der Waals surface area contributed by atoms with Crippen molar-refractivity contribution in [2.24, 2.45) is 5.92 Å².